The maximum atomic E-state index is 12.2. The molecule has 2 aliphatic rings. The van der Waals surface area contributed by atoms with Crippen molar-refractivity contribution in [1.29, 1.82) is 0 Å². The number of urea groups is 1. The molecule has 2 atom stereocenters. The molecule has 2 amide bonds. The van der Waals surface area contributed by atoms with Gasteiger partial charge in [-0.1, -0.05) is 19.8 Å². The first kappa shape index (κ1) is 17.3. The zero-order valence-electron chi connectivity index (χ0n) is 14.7. The number of ether oxygens (including phenoxy) is 1. The lowest BCUT2D eigenvalue weighted by Crippen LogP contribution is -2.45. The van der Waals surface area contributed by atoms with Crippen molar-refractivity contribution in [3.63, 3.8) is 0 Å². The van der Waals surface area contributed by atoms with Crippen LogP contribution in [-0.4, -0.2) is 52.8 Å². The second-order valence-electron chi connectivity index (χ2n) is 7.13. The summed E-state index contributed by atoms with van der Waals surface area (Å²) in [6, 6.07) is 0.507. The van der Waals surface area contributed by atoms with E-state index in [9.17, 15) is 4.79 Å². The van der Waals surface area contributed by atoms with Gasteiger partial charge in [0.15, 0.2) is 0 Å². The summed E-state index contributed by atoms with van der Waals surface area (Å²) >= 11 is 0. The van der Waals surface area contributed by atoms with Crippen molar-refractivity contribution in [3.8, 4) is 0 Å². The number of nitrogens with one attached hydrogen (secondary N) is 1. The van der Waals surface area contributed by atoms with Gasteiger partial charge in [0, 0.05) is 38.1 Å². The number of likely N-dealkylation sites (tertiary alicyclic amines) is 1. The number of nitrogens with zero attached hydrogens (tertiary/aromatic N) is 3. The SMILES string of the molecule is CC1CCCCC1OCCNC(=O)N1CCC(n2ccnc2)CC1. The summed E-state index contributed by atoms with van der Waals surface area (Å²) in [6.07, 6.45) is 13.1. The molecule has 0 radical (unpaired) electrons. The highest BCUT2D eigenvalue weighted by molar-refractivity contribution is 5.74. The Labute approximate surface area is 144 Å². The maximum Gasteiger partial charge on any atom is 0.317 e. The van der Waals surface area contributed by atoms with Crippen molar-refractivity contribution in [2.75, 3.05) is 26.2 Å². The van der Waals surface area contributed by atoms with E-state index in [0.717, 1.165) is 32.4 Å². The number of piperidine rings is 1. The Morgan fingerprint density at radius 3 is 2.75 bits per heavy atom. The van der Waals surface area contributed by atoms with E-state index in [-0.39, 0.29) is 6.03 Å². The molecule has 1 saturated heterocycles. The predicted molar refractivity (Wildman–Crippen MR) is 92.8 cm³/mol. The zero-order valence-corrected chi connectivity index (χ0v) is 14.7. The third-order valence-electron chi connectivity index (χ3n) is 5.44. The average molecular weight is 334 g/mol. The molecule has 2 fully saturated rings. The van der Waals surface area contributed by atoms with Crippen molar-refractivity contribution in [2.45, 2.75) is 57.6 Å². The number of hydrogen-bond acceptors (Lipinski definition) is 3. The second kappa shape index (κ2) is 8.51. The van der Waals surface area contributed by atoms with Gasteiger partial charge in [0.1, 0.15) is 0 Å². The van der Waals surface area contributed by atoms with Gasteiger partial charge in [-0.05, 0) is 31.6 Å². The number of aromatic nitrogens is 2. The summed E-state index contributed by atoms with van der Waals surface area (Å²) in [5, 5.41) is 3.00. The molecular weight excluding hydrogens is 304 g/mol. The van der Waals surface area contributed by atoms with Crippen LogP contribution in [0.25, 0.3) is 0 Å². The Morgan fingerprint density at radius 2 is 2.04 bits per heavy atom. The summed E-state index contributed by atoms with van der Waals surface area (Å²) in [6.45, 7) is 5.09. The van der Waals surface area contributed by atoms with Gasteiger partial charge in [0.25, 0.3) is 0 Å². The van der Waals surface area contributed by atoms with Crippen LogP contribution in [0.1, 0.15) is 51.5 Å². The molecule has 1 aromatic rings. The first-order chi connectivity index (χ1) is 11.7. The number of carbonyl (C=O) groups is 1. The summed E-state index contributed by atoms with van der Waals surface area (Å²) in [5.74, 6) is 0.650. The Balaban J connectivity index is 1.31. The lowest BCUT2D eigenvalue weighted by atomic mass is 9.88. The standard InChI is InChI=1S/C18H30N4O2/c1-15-4-2-3-5-17(15)24-13-9-20-18(23)21-10-6-16(7-11-21)22-12-8-19-14-22/h8,12,14-17H,2-7,9-11,13H2,1H3,(H,20,23). The molecule has 3 rings (SSSR count). The minimum atomic E-state index is 0.0411. The second-order valence-corrected chi connectivity index (χ2v) is 7.13. The molecule has 1 aliphatic heterocycles. The van der Waals surface area contributed by atoms with Crippen molar-refractivity contribution < 1.29 is 9.53 Å². The fraction of sp³-hybridized carbons (Fsp3) is 0.778. The molecule has 134 valence electrons. The number of amides is 2. The van der Waals surface area contributed by atoms with E-state index in [2.05, 4.69) is 21.8 Å². The number of carbonyl (C=O) groups excluding carboxylic acids is 1. The number of hydrogen-bond donors (Lipinski definition) is 1. The van der Waals surface area contributed by atoms with Crippen LogP contribution in [0.5, 0.6) is 0 Å². The molecule has 6 nitrogen and oxygen atoms in total. The average Bonchev–Trinajstić information content (AvgIpc) is 3.15. The topological polar surface area (TPSA) is 59.4 Å². The van der Waals surface area contributed by atoms with Gasteiger partial charge in [-0.2, -0.15) is 0 Å². The molecule has 1 saturated carbocycles. The van der Waals surface area contributed by atoms with Crippen LogP contribution in [0.3, 0.4) is 0 Å². The van der Waals surface area contributed by atoms with E-state index in [1.807, 2.05) is 23.6 Å². The number of rotatable bonds is 5. The predicted octanol–water partition coefficient (Wildman–Crippen LogP) is 2.82. The first-order valence-corrected chi connectivity index (χ1v) is 9.36. The third-order valence-corrected chi connectivity index (χ3v) is 5.44. The lowest BCUT2D eigenvalue weighted by Gasteiger charge is -2.32. The quantitative estimate of drug-likeness (QED) is 0.842. The van der Waals surface area contributed by atoms with Crippen LogP contribution in [0, 0.1) is 5.92 Å². The van der Waals surface area contributed by atoms with Crippen LogP contribution in [0.15, 0.2) is 18.7 Å². The Hall–Kier alpha value is -1.56. The molecular formula is C18H30N4O2. The van der Waals surface area contributed by atoms with E-state index < -0.39 is 0 Å². The van der Waals surface area contributed by atoms with Crippen molar-refractivity contribution >= 4 is 6.03 Å². The molecule has 0 aromatic carbocycles. The normalized spacial score (nSPS) is 25.6. The van der Waals surface area contributed by atoms with E-state index >= 15 is 0 Å². The highest BCUT2D eigenvalue weighted by Gasteiger charge is 2.24. The smallest absolute Gasteiger partial charge is 0.317 e. The van der Waals surface area contributed by atoms with Crippen LogP contribution < -0.4 is 5.32 Å². The van der Waals surface area contributed by atoms with E-state index in [1.165, 1.54) is 19.3 Å². The van der Waals surface area contributed by atoms with Gasteiger partial charge in [-0.15, -0.1) is 0 Å². The van der Waals surface area contributed by atoms with Crippen LogP contribution in [0.4, 0.5) is 4.79 Å². The first-order valence-electron chi connectivity index (χ1n) is 9.36. The molecule has 1 aromatic heterocycles. The van der Waals surface area contributed by atoms with Crippen LogP contribution >= 0.6 is 0 Å². The third kappa shape index (κ3) is 4.50. The maximum absolute atomic E-state index is 12.2. The van der Waals surface area contributed by atoms with Crippen molar-refractivity contribution in [3.05, 3.63) is 18.7 Å². The zero-order chi connectivity index (χ0) is 16.8. The monoisotopic (exact) mass is 334 g/mol. The summed E-state index contributed by atoms with van der Waals surface area (Å²) in [4.78, 5) is 18.3. The molecule has 1 aliphatic carbocycles. The summed E-state index contributed by atoms with van der Waals surface area (Å²) < 4.78 is 8.10. The van der Waals surface area contributed by atoms with Crippen molar-refractivity contribution in [2.24, 2.45) is 5.92 Å². The van der Waals surface area contributed by atoms with Gasteiger partial charge in [-0.3, -0.25) is 0 Å². The molecule has 0 bridgehead atoms. The lowest BCUT2D eigenvalue weighted by molar-refractivity contribution is -0.00278. The molecule has 2 heterocycles. The van der Waals surface area contributed by atoms with Gasteiger partial charge in [0.05, 0.1) is 19.0 Å². The minimum absolute atomic E-state index is 0.0411. The van der Waals surface area contributed by atoms with Gasteiger partial charge in [0.2, 0.25) is 0 Å². The number of imidazole rings is 1. The molecule has 0 spiro atoms. The Kier molecular flexibility index (Phi) is 6.12. The molecule has 6 heteroatoms. The largest absolute Gasteiger partial charge is 0.376 e. The fourth-order valence-corrected chi connectivity index (χ4v) is 3.86. The summed E-state index contributed by atoms with van der Waals surface area (Å²) in [7, 11) is 0. The van der Waals surface area contributed by atoms with Gasteiger partial charge >= 0.3 is 6.03 Å². The Bertz CT molecular complexity index is 497. The molecule has 2 unspecified atom stereocenters. The highest BCUT2D eigenvalue weighted by atomic mass is 16.5. The van der Waals surface area contributed by atoms with Crippen molar-refractivity contribution in [1.82, 2.24) is 19.8 Å². The summed E-state index contributed by atoms with van der Waals surface area (Å²) in [5.41, 5.74) is 0. The minimum Gasteiger partial charge on any atom is -0.376 e. The van der Waals surface area contributed by atoms with Crippen LogP contribution in [0.2, 0.25) is 0 Å². The molecule has 1 N–H and O–H groups in total. The van der Waals surface area contributed by atoms with Gasteiger partial charge < -0.3 is 19.5 Å². The van der Waals surface area contributed by atoms with Gasteiger partial charge in [-0.25, -0.2) is 9.78 Å². The Morgan fingerprint density at radius 1 is 1.25 bits per heavy atom. The fourth-order valence-electron chi connectivity index (χ4n) is 3.86. The van der Waals surface area contributed by atoms with E-state index in [0.29, 0.717) is 31.2 Å². The van der Waals surface area contributed by atoms with E-state index in [4.69, 9.17) is 4.74 Å². The van der Waals surface area contributed by atoms with E-state index in [1.54, 1.807) is 0 Å². The highest BCUT2D eigenvalue weighted by Crippen LogP contribution is 2.26. The van der Waals surface area contributed by atoms with Crippen LogP contribution in [-0.2, 0) is 4.74 Å². The molecule has 24 heavy (non-hydrogen) atoms.